The number of hydrogen-bond acceptors (Lipinski definition) is 2. The average molecular weight is 216 g/mol. The van der Waals surface area contributed by atoms with Crippen molar-refractivity contribution in [1.29, 1.82) is 0 Å². The van der Waals surface area contributed by atoms with Crippen LogP contribution in [0.15, 0.2) is 24.3 Å². The largest absolute Gasteiger partial charge is 0.384 e. The first-order valence-electron chi connectivity index (χ1n) is 5.95. The molecule has 1 fully saturated rings. The van der Waals surface area contributed by atoms with Gasteiger partial charge in [0.25, 0.3) is 0 Å². The third-order valence-corrected chi connectivity index (χ3v) is 3.41. The summed E-state index contributed by atoms with van der Waals surface area (Å²) in [6.07, 6.45) is 2.56. The zero-order valence-electron chi connectivity index (χ0n) is 9.20. The maximum atomic E-state index is 12.0. The topological polar surface area (TPSA) is 41.1 Å². The lowest BCUT2D eigenvalue weighted by Gasteiger charge is -2.10. The van der Waals surface area contributed by atoms with Gasteiger partial charge in [-0.2, -0.15) is 0 Å². The van der Waals surface area contributed by atoms with Gasteiger partial charge in [-0.3, -0.25) is 4.79 Å². The van der Waals surface area contributed by atoms with E-state index >= 15 is 0 Å². The number of fused-ring (bicyclic) bond motifs is 1. The third-order valence-electron chi connectivity index (χ3n) is 3.41. The molecule has 1 aromatic rings. The lowest BCUT2D eigenvalue weighted by atomic mass is 10.0. The second-order valence-electron chi connectivity index (χ2n) is 4.71. The highest BCUT2D eigenvalue weighted by Crippen LogP contribution is 2.32. The first kappa shape index (κ1) is 9.70. The highest BCUT2D eigenvalue weighted by molar-refractivity contribution is 5.88. The Balaban J connectivity index is 1.68. The molecule has 0 radical (unpaired) electrons. The quantitative estimate of drug-likeness (QED) is 0.807. The van der Waals surface area contributed by atoms with Gasteiger partial charge >= 0.3 is 0 Å². The number of rotatable bonds is 3. The Bertz CT molecular complexity index is 412. The maximum Gasteiger partial charge on any atom is 0.229 e. The van der Waals surface area contributed by atoms with Crippen LogP contribution in [0.4, 0.5) is 5.69 Å². The van der Waals surface area contributed by atoms with Crippen LogP contribution in [-0.2, 0) is 4.79 Å². The summed E-state index contributed by atoms with van der Waals surface area (Å²) in [6, 6.07) is 8.06. The molecule has 1 aliphatic carbocycles. The normalized spacial score (nSPS) is 22.4. The molecule has 84 valence electrons. The lowest BCUT2D eigenvalue weighted by Crippen LogP contribution is -2.31. The smallest absolute Gasteiger partial charge is 0.229 e. The number of anilines is 1. The number of para-hydroxylation sites is 1. The Morgan fingerprint density at radius 1 is 1.38 bits per heavy atom. The van der Waals surface area contributed by atoms with Crippen molar-refractivity contribution in [2.24, 2.45) is 5.92 Å². The maximum absolute atomic E-state index is 12.0. The summed E-state index contributed by atoms with van der Waals surface area (Å²) in [5.41, 5.74) is 2.24. The molecule has 16 heavy (non-hydrogen) atoms. The predicted molar refractivity (Wildman–Crippen MR) is 63.4 cm³/mol. The molecule has 0 saturated heterocycles. The van der Waals surface area contributed by atoms with E-state index in [1.54, 1.807) is 0 Å². The van der Waals surface area contributed by atoms with E-state index in [9.17, 15) is 4.79 Å². The molecular weight excluding hydrogens is 200 g/mol. The Kier molecular flexibility index (Phi) is 2.31. The first-order chi connectivity index (χ1) is 7.84. The molecule has 1 aromatic carbocycles. The van der Waals surface area contributed by atoms with Crippen molar-refractivity contribution in [2.75, 3.05) is 18.4 Å². The molecule has 1 unspecified atom stereocenters. The van der Waals surface area contributed by atoms with Crippen molar-refractivity contribution in [3.8, 4) is 0 Å². The van der Waals surface area contributed by atoms with Crippen LogP contribution in [0.1, 0.15) is 24.3 Å². The summed E-state index contributed by atoms with van der Waals surface area (Å²) < 4.78 is 0. The van der Waals surface area contributed by atoms with Crippen LogP contribution in [0.2, 0.25) is 0 Å². The minimum absolute atomic E-state index is 0.00468. The Labute approximate surface area is 95.2 Å². The molecule has 3 rings (SSSR count). The van der Waals surface area contributed by atoms with Gasteiger partial charge in [-0.15, -0.1) is 0 Å². The van der Waals surface area contributed by atoms with Gasteiger partial charge in [-0.05, 0) is 30.4 Å². The first-order valence-corrected chi connectivity index (χ1v) is 5.95. The summed E-state index contributed by atoms with van der Waals surface area (Å²) >= 11 is 0. The molecule has 0 spiro atoms. The van der Waals surface area contributed by atoms with Gasteiger partial charge in [-0.25, -0.2) is 0 Å². The molecule has 1 aliphatic heterocycles. The van der Waals surface area contributed by atoms with E-state index in [1.165, 1.54) is 12.8 Å². The zero-order chi connectivity index (χ0) is 11.0. The molecular formula is C13H16N2O. The van der Waals surface area contributed by atoms with Gasteiger partial charge in [0.15, 0.2) is 0 Å². The molecule has 1 amide bonds. The van der Waals surface area contributed by atoms with Crippen molar-refractivity contribution in [2.45, 2.75) is 18.8 Å². The minimum atomic E-state index is -0.00468. The van der Waals surface area contributed by atoms with Crippen LogP contribution < -0.4 is 10.6 Å². The molecule has 2 aliphatic rings. The van der Waals surface area contributed by atoms with Crippen molar-refractivity contribution in [3.63, 3.8) is 0 Å². The molecule has 1 saturated carbocycles. The van der Waals surface area contributed by atoms with Crippen LogP contribution in [0.5, 0.6) is 0 Å². The molecule has 3 nitrogen and oxygen atoms in total. The molecule has 3 heteroatoms. The summed E-state index contributed by atoms with van der Waals surface area (Å²) in [6.45, 7) is 1.59. The minimum Gasteiger partial charge on any atom is -0.384 e. The Morgan fingerprint density at radius 3 is 3.00 bits per heavy atom. The van der Waals surface area contributed by atoms with E-state index < -0.39 is 0 Å². The number of carbonyl (C=O) groups is 1. The number of amides is 1. The SMILES string of the molecule is O=C(NCC1CC1)C1CNc2ccccc21. The van der Waals surface area contributed by atoms with Gasteiger partial charge in [0.1, 0.15) is 0 Å². The van der Waals surface area contributed by atoms with E-state index in [0.29, 0.717) is 0 Å². The Morgan fingerprint density at radius 2 is 2.19 bits per heavy atom. The highest BCUT2D eigenvalue weighted by atomic mass is 16.1. The lowest BCUT2D eigenvalue weighted by molar-refractivity contribution is -0.122. The van der Waals surface area contributed by atoms with Crippen molar-refractivity contribution < 1.29 is 4.79 Å². The van der Waals surface area contributed by atoms with Crippen molar-refractivity contribution in [3.05, 3.63) is 29.8 Å². The van der Waals surface area contributed by atoms with Gasteiger partial charge in [0.2, 0.25) is 5.91 Å². The van der Waals surface area contributed by atoms with E-state index in [2.05, 4.69) is 10.6 Å². The fourth-order valence-corrected chi connectivity index (χ4v) is 2.21. The van der Waals surface area contributed by atoms with Crippen LogP contribution in [-0.4, -0.2) is 19.0 Å². The summed E-state index contributed by atoms with van der Waals surface area (Å²) in [4.78, 5) is 12.0. The van der Waals surface area contributed by atoms with Crippen LogP contribution in [0.25, 0.3) is 0 Å². The van der Waals surface area contributed by atoms with E-state index in [-0.39, 0.29) is 11.8 Å². The second kappa shape index (κ2) is 3.81. The van der Waals surface area contributed by atoms with E-state index in [0.717, 1.165) is 30.3 Å². The fourth-order valence-electron chi connectivity index (χ4n) is 2.21. The molecule has 0 bridgehead atoms. The fraction of sp³-hybridized carbons (Fsp3) is 0.462. The van der Waals surface area contributed by atoms with E-state index in [4.69, 9.17) is 0 Å². The summed E-state index contributed by atoms with van der Waals surface area (Å²) in [5, 5.41) is 6.32. The van der Waals surface area contributed by atoms with Crippen LogP contribution in [0.3, 0.4) is 0 Å². The predicted octanol–water partition coefficient (Wildman–Crippen LogP) is 1.72. The molecule has 1 heterocycles. The standard InChI is InChI=1S/C13H16N2O/c16-13(15-7-9-5-6-9)11-8-14-12-4-2-1-3-10(11)12/h1-4,9,11,14H,5-8H2,(H,15,16). The van der Waals surface area contributed by atoms with Crippen molar-refractivity contribution >= 4 is 11.6 Å². The summed E-state index contributed by atoms with van der Waals surface area (Å²) in [5.74, 6) is 0.910. The molecule has 0 aromatic heterocycles. The number of benzene rings is 1. The van der Waals surface area contributed by atoms with Gasteiger partial charge in [0, 0.05) is 18.8 Å². The van der Waals surface area contributed by atoms with Gasteiger partial charge in [0.05, 0.1) is 5.92 Å². The monoisotopic (exact) mass is 216 g/mol. The van der Waals surface area contributed by atoms with E-state index in [1.807, 2.05) is 24.3 Å². The number of nitrogens with one attached hydrogen (secondary N) is 2. The van der Waals surface area contributed by atoms with Gasteiger partial charge < -0.3 is 10.6 Å². The summed E-state index contributed by atoms with van der Waals surface area (Å²) in [7, 11) is 0. The average Bonchev–Trinajstić information content (AvgIpc) is 3.04. The Hall–Kier alpha value is -1.51. The highest BCUT2D eigenvalue weighted by Gasteiger charge is 2.29. The second-order valence-corrected chi connectivity index (χ2v) is 4.71. The molecule has 1 atom stereocenters. The third kappa shape index (κ3) is 1.77. The zero-order valence-corrected chi connectivity index (χ0v) is 9.20. The van der Waals surface area contributed by atoms with Crippen LogP contribution in [0, 0.1) is 5.92 Å². The van der Waals surface area contributed by atoms with Gasteiger partial charge in [-0.1, -0.05) is 18.2 Å². The van der Waals surface area contributed by atoms with Crippen LogP contribution >= 0.6 is 0 Å². The number of hydrogen-bond donors (Lipinski definition) is 2. The number of carbonyl (C=O) groups excluding carboxylic acids is 1. The molecule has 2 N–H and O–H groups in total. The van der Waals surface area contributed by atoms with Crippen molar-refractivity contribution in [1.82, 2.24) is 5.32 Å².